The van der Waals surface area contributed by atoms with E-state index < -0.39 is 0 Å². The van der Waals surface area contributed by atoms with Crippen LogP contribution in [0.5, 0.6) is 0 Å². The molecule has 0 aliphatic heterocycles. The highest BCUT2D eigenvalue weighted by molar-refractivity contribution is 7.99. The van der Waals surface area contributed by atoms with E-state index in [1.807, 2.05) is 24.3 Å². The van der Waals surface area contributed by atoms with Crippen LogP contribution in [0.2, 0.25) is 0 Å². The average molecular weight is 234 g/mol. The molecule has 0 N–H and O–H groups in total. The van der Waals surface area contributed by atoms with Gasteiger partial charge in [0.25, 0.3) is 0 Å². The first-order valence-electron chi connectivity index (χ1n) is 5.31. The lowest BCUT2D eigenvalue weighted by Gasteiger charge is -2.11. The van der Waals surface area contributed by atoms with Crippen molar-refractivity contribution in [1.29, 1.82) is 0 Å². The molecule has 86 valence electrons. The Kier molecular flexibility index (Phi) is 4.74. The van der Waals surface area contributed by atoms with Crippen LogP contribution in [-0.2, 0) is 6.42 Å². The molecule has 0 aliphatic rings. The van der Waals surface area contributed by atoms with Gasteiger partial charge in [-0.3, -0.25) is 0 Å². The highest BCUT2D eigenvalue weighted by atomic mass is 32.2. The molecule has 0 radical (unpaired) electrons. The summed E-state index contributed by atoms with van der Waals surface area (Å²) in [4.78, 5) is 0. The van der Waals surface area contributed by atoms with Crippen molar-refractivity contribution in [1.82, 2.24) is 0 Å². The molecule has 3 heteroatoms. The standard InChI is InChI=1S/C13H18N2S/c1-5-8-11-9-6-7-10-12(11)14-15-16-13(2,3)4/h5-7,9-10H,1,8H2,2-4H3. The second-order valence-electron chi connectivity index (χ2n) is 4.51. The first-order chi connectivity index (χ1) is 7.53. The fourth-order valence-corrected chi connectivity index (χ4v) is 1.50. The molecule has 2 nitrogen and oxygen atoms in total. The minimum atomic E-state index is 0.108. The average Bonchev–Trinajstić information content (AvgIpc) is 2.19. The van der Waals surface area contributed by atoms with Crippen LogP contribution in [0, 0.1) is 0 Å². The first-order valence-corrected chi connectivity index (χ1v) is 6.08. The maximum absolute atomic E-state index is 4.25. The summed E-state index contributed by atoms with van der Waals surface area (Å²) < 4.78 is 4.27. The highest BCUT2D eigenvalue weighted by Crippen LogP contribution is 2.27. The third kappa shape index (κ3) is 4.62. The van der Waals surface area contributed by atoms with Gasteiger partial charge in [-0.05, 0) is 38.8 Å². The van der Waals surface area contributed by atoms with E-state index in [0.29, 0.717) is 0 Å². The number of hydrogen-bond acceptors (Lipinski definition) is 3. The smallest absolute Gasteiger partial charge is 0.0898 e. The minimum Gasteiger partial charge on any atom is -0.143 e. The van der Waals surface area contributed by atoms with Gasteiger partial charge in [0.05, 0.1) is 5.69 Å². The third-order valence-electron chi connectivity index (χ3n) is 1.82. The Hall–Kier alpha value is -1.09. The highest BCUT2D eigenvalue weighted by Gasteiger charge is 2.10. The number of nitrogens with zero attached hydrogens (tertiary/aromatic N) is 2. The summed E-state index contributed by atoms with van der Waals surface area (Å²) in [6.45, 7) is 10.1. The molecule has 0 saturated heterocycles. The van der Waals surface area contributed by atoms with Gasteiger partial charge in [-0.25, -0.2) is 0 Å². The van der Waals surface area contributed by atoms with Crippen molar-refractivity contribution in [2.45, 2.75) is 31.9 Å². The van der Waals surface area contributed by atoms with Crippen LogP contribution in [-0.4, -0.2) is 4.75 Å². The number of hydrogen-bond donors (Lipinski definition) is 0. The third-order valence-corrected chi connectivity index (χ3v) is 2.53. The van der Waals surface area contributed by atoms with Crippen LogP contribution in [0.15, 0.2) is 46.6 Å². The fourth-order valence-electron chi connectivity index (χ4n) is 1.12. The number of allylic oxidation sites excluding steroid dienone is 1. The van der Waals surface area contributed by atoms with Crippen LogP contribution in [0.3, 0.4) is 0 Å². The molecule has 0 aromatic heterocycles. The first kappa shape index (κ1) is 13.0. The monoisotopic (exact) mass is 234 g/mol. The lowest BCUT2D eigenvalue weighted by Crippen LogP contribution is -2.04. The van der Waals surface area contributed by atoms with E-state index in [1.54, 1.807) is 0 Å². The van der Waals surface area contributed by atoms with Crippen LogP contribution in [0.25, 0.3) is 0 Å². The van der Waals surface area contributed by atoms with E-state index in [-0.39, 0.29) is 4.75 Å². The summed E-state index contributed by atoms with van der Waals surface area (Å²) in [5, 5.41) is 4.25. The van der Waals surface area contributed by atoms with Crippen LogP contribution in [0.1, 0.15) is 26.3 Å². The molecule has 0 atom stereocenters. The van der Waals surface area contributed by atoms with Crippen LogP contribution < -0.4 is 0 Å². The predicted octanol–water partition coefficient (Wildman–Crippen LogP) is 4.95. The molecule has 0 spiro atoms. The zero-order chi connectivity index (χ0) is 12.0. The molecule has 1 aromatic carbocycles. The van der Waals surface area contributed by atoms with Crippen LogP contribution >= 0.6 is 11.9 Å². The van der Waals surface area contributed by atoms with E-state index >= 15 is 0 Å². The molecular formula is C13H18N2S. The molecule has 0 bridgehead atoms. The zero-order valence-electron chi connectivity index (χ0n) is 10.1. The second kappa shape index (κ2) is 5.85. The predicted molar refractivity (Wildman–Crippen MR) is 72.2 cm³/mol. The zero-order valence-corrected chi connectivity index (χ0v) is 10.9. The van der Waals surface area contributed by atoms with Crippen molar-refractivity contribution < 1.29 is 0 Å². The molecule has 0 unspecified atom stereocenters. The molecule has 1 aromatic rings. The molecule has 1 rings (SSSR count). The Morgan fingerprint density at radius 3 is 2.62 bits per heavy atom. The Bertz CT molecular complexity index is 378. The van der Waals surface area contributed by atoms with Crippen LogP contribution in [0.4, 0.5) is 5.69 Å². The van der Waals surface area contributed by atoms with E-state index in [4.69, 9.17) is 0 Å². The topological polar surface area (TPSA) is 24.7 Å². The number of benzene rings is 1. The Labute approximate surface area is 102 Å². The lowest BCUT2D eigenvalue weighted by atomic mass is 10.1. The molecule has 16 heavy (non-hydrogen) atoms. The molecule has 0 amide bonds. The van der Waals surface area contributed by atoms with Gasteiger partial charge in [0, 0.05) is 16.7 Å². The minimum absolute atomic E-state index is 0.108. The van der Waals surface area contributed by atoms with Gasteiger partial charge >= 0.3 is 0 Å². The van der Waals surface area contributed by atoms with E-state index in [2.05, 4.69) is 43.1 Å². The van der Waals surface area contributed by atoms with Crippen molar-refractivity contribution >= 4 is 17.6 Å². The fraction of sp³-hybridized carbons (Fsp3) is 0.385. The van der Waals surface area contributed by atoms with Gasteiger partial charge in [-0.2, -0.15) is 0 Å². The molecule has 0 saturated carbocycles. The van der Waals surface area contributed by atoms with Gasteiger partial charge < -0.3 is 0 Å². The van der Waals surface area contributed by atoms with Gasteiger partial charge in [0.15, 0.2) is 0 Å². The summed E-state index contributed by atoms with van der Waals surface area (Å²) in [6.07, 6.45) is 2.71. The summed E-state index contributed by atoms with van der Waals surface area (Å²) in [6, 6.07) is 8.01. The van der Waals surface area contributed by atoms with E-state index in [0.717, 1.165) is 17.7 Å². The second-order valence-corrected chi connectivity index (χ2v) is 6.08. The molecular weight excluding hydrogens is 216 g/mol. The quantitative estimate of drug-likeness (QED) is 0.411. The van der Waals surface area contributed by atoms with Gasteiger partial charge in [0.2, 0.25) is 0 Å². The van der Waals surface area contributed by atoms with Crippen molar-refractivity contribution in [3.05, 3.63) is 42.5 Å². The summed E-state index contributed by atoms with van der Waals surface area (Å²) in [5.74, 6) is 0. The normalized spacial score (nSPS) is 11.9. The Morgan fingerprint density at radius 1 is 1.31 bits per heavy atom. The summed E-state index contributed by atoms with van der Waals surface area (Å²) in [5.41, 5.74) is 2.09. The van der Waals surface area contributed by atoms with Gasteiger partial charge in [0.1, 0.15) is 0 Å². The summed E-state index contributed by atoms with van der Waals surface area (Å²) >= 11 is 1.49. The van der Waals surface area contributed by atoms with Gasteiger partial charge in [-0.15, -0.1) is 16.2 Å². The lowest BCUT2D eigenvalue weighted by molar-refractivity contribution is 0.802. The molecule has 0 heterocycles. The molecule has 0 fully saturated rings. The SMILES string of the molecule is C=CCc1ccccc1N=NSC(C)(C)C. The number of rotatable bonds is 4. The van der Waals surface area contributed by atoms with E-state index in [1.165, 1.54) is 11.9 Å². The summed E-state index contributed by atoms with van der Waals surface area (Å²) in [7, 11) is 0. The van der Waals surface area contributed by atoms with Gasteiger partial charge in [-0.1, -0.05) is 24.3 Å². The van der Waals surface area contributed by atoms with E-state index in [9.17, 15) is 0 Å². The van der Waals surface area contributed by atoms with Crippen molar-refractivity contribution in [2.24, 2.45) is 9.63 Å². The van der Waals surface area contributed by atoms with Crippen molar-refractivity contribution in [3.8, 4) is 0 Å². The molecule has 0 aliphatic carbocycles. The Balaban J connectivity index is 2.76. The van der Waals surface area contributed by atoms with Crippen molar-refractivity contribution in [2.75, 3.05) is 0 Å². The largest absolute Gasteiger partial charge is 0.143 e. The maximum Gasteiger partial charge on any atom is 0.0898 e. The Morgan fingerprint density at radius 2 is 2.00 bits per heavy atom. The maximum atomic E-state index is 4.25. The van der Waals surface area contributed by atoms with Crippen molar-refractivity contribution in [3.63, 3.8) is 0 Å².